The van der Waals surface area contributed by atoms with Crippen LogP contribution in [0.2, 0.25) is 0 Å². The van der Waals surface area contributed by atoms with Crippen molar-refractivity contribution in [2.45, 2.75) is 105 Å². The van der Waals surface area contributed by atoms with Gasteiger partial charge in [0.2, 0.25) is 0 Å². The summed E-state index contributed by atoms with van der Waals surface area (Å²) in [5.74, 6) is -1.55. The molecule has 192 valence electrons. The van der Waals surface area contributed by atoms with Crippen molar-refractivity contribution >= 4 is 5.97 Å². The highest BCUT2D eigenvalue weighted by Gasteiger charge is 2.53. The van der Waals surface area contributed by atoms with Gasteiger partial charge in [-0.1, -0.05) is 0 Å². The highest BCUT2D eigenvalue weighted by atomic mass is 16.7. The van der Waals surface area contributed by atoms with Crippen LogP contribution in [0.25, 0.3) is 0 Å². The number of hydrogen-bond donors (Lipinski definition) is 10. The van der Waals surface area contributed by atoms with Crippen LogP contribution in [-0.2, 0) is 23.7 Å². The molecule has 2 saturated heterocycles. The van der Waals surface area contributed by atoms with Crippen LogP contribution in [0, 0.1) is 0 Å². The summed E-state index contributed by atoms with van der Waals surface area (Å²) < 4.78 is 22.2. The van der Waals surface area contributed by atoms with E-state index < -0.39 is 97.7 Å². The smallest absolute Gasteiger partial charge is 0.335 e. The number of aliphatic carboxylic acids is 1. The van der Waals surface area contributed by atoms with Gasteiger partial charge in [-0.05, 0) is 13.3 Å². The maximum atomic E-state index is 11.4. The molecule has 0 aromatic rings. The van der Waals surface area contributed by atoms with Gasteiger partial charge in [0.25, 0.3) is 0 Å². The molecular weight excluding hydrogens is 448 g/mol. The zero-order valence-corrected chi connectivity index (χ0v) is 17.9. The van der Waals surface area contributed by atoms with Crippen LogP contribution < -0.4 is 22.9 Å². The van der Waals surface area contributed by atoms with Crippen molar-refractivity contribution in [1.82, 2.24) is 0 Å². The molecule has 3 rings (SSSR count). The number of carboxylic acid groups (broad SMARTS) is 1. The van der Waals surface area contributed by atoms with Crippen LogP contribution in [0.4, 0.5) is 0 Å². The lowest BCUT2D eigenvalue weighted by molar-refractivity contribution is -0.305. The van der Waals surface area contributed by atoms with E-state index >= 15 is 0 Å². The molecule has 0 aromatic heterocycles. The summed E-state index contributed by atoms with van der Waals surface area (Å²) in [5.41, 5.74) is 23.7. The Kier molecular flexibility index (Phi) is 8.28. The van der Waals surface area contributed by atoms with E-state index in [0.717, 1.165) is 0 Å². The average molecular weight is 482 g/mol. The van der Waals surface area contributed by atoms with Crippen molar-refractivity contribution in [2.75, 3.05) is 0 Å². The minimum atomic E-state index is -1.84. The van der Waals surface area contributed by atoms with Gasteiger partial charge in [-0.2, -0.15) is 0 Å². The fraction of sp³-hybridized carbons (Fsp3) is 0.944. The molecule has 15 heteroatoms. The first kappa shape index (κ1) is 26.6. The third kappa shape index (κ3) is 5.15. The lowest BCUT2D eigenvalue weighted by atomic mass is 9.84. The number of ether oxygens (including phenoxy) is 4. The van der Waals surface area contributed by atoms with Gasteiger partial charge in [0, 0.05) is 18.1 Å². The van der Waals surface area contributed by atoms with E-state index in [1.807, 2.05) is 0 Å². The van der Waals surface area contributed by atoms with E-state index in [2.05, 4.69) is 0 Å². The Morgan fingerprint density at radius 2 is 1.45 bits per heavy atom. The Hall–Kier alpha value is -1.05. The van der Waals surface area contributed by atoms with E-state index in [9.17, 15) is 35.4 Å². The number of carboxylic acids is 1. The zero-order chi connectivity index (χ0) is 24.8. The molecule has 0 radical (unpaired) electrons. The van der Waals surface area contributed by atoms with Crippen molar-refractivity contribution in [1.29, 1.82) is 0 Å². The first-order chi connectivity index (χ1) is 15.3. The topological polar surface area (TPSA) is 279 Å². The molecule has 3 fully saturated rings. The lowest BCUT2D eigenvalue weighted by Gasteiger charge is -2.46. The summed E-state index contributed by atoms with van der Waals surface area (Å²) in [6.07, 6.45) is -16.0. The highest BCUT2D eigenvalue weighted by Crippen LogP contribution is 2.32. The summed E-state index contributed by atoms with van der Waals surface area (Å²) in [4.78, 5) is 11.4. The molecule has 14 N–H and O–H groups in total. The minimum Gasteiger partial charge on any atom is -0.479 e. The standard InChI is InChI=1S/C18H34N4O11/c1-3(19)12-10(26)11(27)18(30-12)32-14-7(23)4(20)2-5(21)13(14)31-17-6(22)8(24)9(25)15(33-17)16(28)29/h3-15,17-18,23-27H,2,19-22H2,1H3,(H,28,29)/t3-,4+,5-,6+,7-,8+,9-,10-,11+,12+,13+,14+,15+,17-,18+/m0/s1. The molecule has 1 aliphatic carbocycles. The highest BCUT2D eigenvalue weighted by molar-refractivity contribution is 5.73. The number of aliphatic hydroxyl groups excluding tert-OH is 5. The first-order valence-electron chi connectivity index (χ1n) is 10.6. The van der Waals surface area contributed by atoms with Crippen LogP contribution in [0.1, 0.15) is 13.3 Å². The van der Waals surface area contributed by atoms with Crippen LogP contribution >= 0.6 is 0 Å². The van der Waals surface area contributed by atoms with Gasteiger partial charge in [-0.25, -0.2) is 4.79 Å². The third-order valence-electron chi connectivity index (χ3n) is 6.32. The van der Waals surface area contributed by atoms with Gasteiger partial charge in [0.15, 0.2) is 18.7 Å². The monoisotopic (exact) mass is 482 g/mol. The van der Waals surface area contributed by atoms with E-state index in [1.54, 1.807) is 6.92 Å². The predicted molar refractivity (Wildman–Crippen MR) is 107 cm³/mol. The fourth-order valence-corrected chi connectivity index (χ4v) is 4.34. The Morgan fingerprint density at radius 1 is 0.848 bits per heavy atom. The number of hydrogen-bond acceptors (Lipinski definition) is 14. The van der Waals surface area contributed by atoms with Crippen LogP contribution in [-0.4, -0.2) is 128 Å². The van der Waals surface area contributed by atoms with Gasteiger partial charge in [-0.15, -0.1) is 0 Å². The Morgan fingerprint density at radius 3 is 2.00 bits per heavy atom. The van der Waals surface area contributed by atoms with Crippen LogP contribution in [0.5, 0.6) is 0 Å². The van der Waals surface area contributed by atoms with E-state index in [0.29, 0.717) is 0 Å². The normalized spacial score (nSPS) is 51.9. The maximum Gasteiger partial charge on any atom is 0.335 e. The van der Waals surface area contributed by atoms with Crippen molar-refractivity contribution in [3.05, 3.63) is 0 Å². The molecule has 2 aliphatic heterocycles. The fourth-order valence-electron chi connectivity index (χ4n) is 4.34. The molecule has 0 aromatic carbocycles. The van der Waals surface area contributed by atoms with Crippen LogP contribution in [0.3, 0.4) is 0 Å². The minimum absolute atomic E-state index is 0.0698. The number of aliphatic hydroxyl groups is 5. The predicted octanol–water partition coefficient (Wildman–Crippen LogP) is -6.17. The molecule has 0 amide bonds. The molecule has 0 bridgehead atoms. The van der Waals surface area contributed by atoms with Gasteiger partial charge in [0.05, 0.1) is 12.1 Å². The second kappa shape index (κ2) is 10.3. The summed E-state index contributed by atoms with van der Waals surface area (Å²) in [6, 6.07) is -3.73. The molecule has 15 nitrogen and oxygen atoms in total. The Labute approximate surface area is 189 Å². The number of nitrogens with two attached hydrogens (primary N) is 4. The summed E-state index contributed by atoms with van der Waals surface area (Å²) in [7, 11) is 0. The third-order valence-corrected chi connectivity index (χ3v) is 6.32. The molecular formula is C18H34N4O11. The molecule has 0 unspecified atom stereocenters. The summed E-state index contributed by atoms with van der Waals surface area (Å²) in [5, 5.41) is 60.5. The second-order valence-corrected chi connectivity index (χ2v) is 8.89. The van der Waals surface area contributed by atoms with Gasteiger partial charge >= 0.3 is 5.97 Å². The molecule has 3 aliphatic rings. The lowest BCUT2D eigenvalue weighted by Crippen LogP contribution is -2.68. The Bertz CT molecular complexity index is 690. The van der Waals surface area contributed by atoms with Crippen molar-refractivity contribution < 1.29 is 54.4 Å². The summed E-state index contributed by atoms with van der Waals surface area (Å²) in [6.45, 7) is 1.57. The first-order valence-corrected chi connectivity index (χ1v) is 10.6. The van der Waals surface area contributed by atoms with Gasteiger partial charge in [0.1, 0.15) is 42.7 Å². The van der Waals surface area contributed by atoms with Crippen molar-refractivity contribution in [3.63, 3.8) is 0 Å². The zero-order valence-electron chi connectivity index (χ0n) is 17.9. The largest absolute Gasteiger partial charge is 0.479 e. The summed E-state index contributed by atoms with van der Waals surface area (Å²) >= 11 is 0. The van der Waals surface area contributed by atoms with E-state index in [4.69, 9.17) is 41.9 Å². The number of carbonyl (C=O) groups is 1. The van der Waals surface area contributed by atoms with E-state index in [1.165, 1.54) is 0 Å². The Balaban J connectivity index is 1.80. The second-order valence-electron chi connectivity index (χ2n) is 8.89. The van der Waals surface area contributed by atoms with Crippen LogP contribution in [0.15, 0.2) is 0 Å². The van der Waals surface area contributed by atoms with Gasteiger partial charge < -0.3 is 72.5 Å². The maximum absolute atomic E-state index is 11.4. The average Bonchev–Trinajstić information content (AvgIpc) is 3.02. The van der Waals surface area contributed by atoms with Crippen molar-refractivity contribution in [3.8, 4) is 0 Å². The van der Waals surface area contributed by atoms with Crippen molar-refractivity contribution in [2.24, 2.45) is 22.9 Å². The van der Waals surface area contributed by atoms with E-state index in [-0.39, 0.29) is 6.42 Å². The molecule has 2 heterocycles. The number of rotatable bonds is 6. The molecule has 0 spiro atoms. The molecule has 15 atom stereocenters. The molecule has 33 heavy (non-hydrogen) atoms. The van der Waals surface area contributed by atoms with Gasteiger partial charge in [-0.3, -0.25) is 0 Å². The SMILES string of the molecule is C[C@H](N)[C@H]1O[C@H](O[C@@H]2[C@@H](O)[C@H](N)C[C@H](N)[C@H]2O[C@H]2O[C@@H](C(=O)O)[C@@H](O)[C@H](O)[C@H]2N)[C@H](O)[C@@H]1O. The quantitative estimate of drug-likeness (QED) is 0.168. The molecule has 1 saturated carbocycles.